The van der Waals surface area contributed by atoms with Gasteiger partial charge in [0.25, 0.3) is 11.8 Å². The molecule has 1 aliphatic heterocycles. The first-order valence-electron chi connectivity index (χ1n) is 5.65. The lowest BCUT2D eigenvalue weighted by Gasteiger charge is -2.32. The maximum atomic E-state index is 11.7. The first kappa shape index (κ1) is 10.4. The number of carbonyl (C=O) groups is 2. The minimum absolute atomic E-state index is 0.0837. The van der Waals surface area contributed by atoms with Crippen molar-refractivity contribution in [2.45, 2.75) is 45.6 Å². The zero-order valence-corrected chi connectivity index (χ0v) is 9.32. The van der Waals surface area contributed by atoms with E-state index < -0.39 is 0 Å². The molecule has 3 nitrogen and oxygen atoms in total. The molecule has 0 spiro atoms. The van der Waals surface area contributed by atoms with Crippen molar-refractivity contribution in [2.24, 2.45) is 5.92 Å². The highest BCUT2D eigenvalue weighted by molar-refractivity contribution is 6.16. The highest BCUT2D eigenvalue weighted by Crippen LogP contribution is 2.29. The van der Waals surface area contributed by atoms with Crippen molar-refractivity contribution in [1.29, 1.82) is 0 Å². The van der Waals surface area contributed by atoms with Crippen molar-refractivity contribution < 1.29 is 9.59 Å². The lowest BCUT2D eigenvalue weighted by molar-refractivity contribution is -0.140. The molecule has 2 amide bonds. The van der Waals surface area contributed by atoms with Crippen molar-refractivity contribution in [2.75, 3.05) is 0 Å². The molecule has 2 rings (SSSR count). The summed E-state index contributed by atoms with van der Waals surface area (Å²) >= 11 is 0. The second kappa shape index (κ2) is 3.80. The van der Waals surface area contributed by atoms with Gasteiger partial charge in [-0.2, -0.15) is 0 Å². The fraction of sp³-hybridized carbons (Fsp3) is 0.667. The molecule has 1 fully saturated rings. The normalized spacial score (nSPS) is 32.1. The predicted octanol–water partition coefficient (Wildman–Crippen LogP) is 1.88. The lowest BCUT2D eigenvalue weighted by atomic mass is 9.86. The molecule has 3 heteroatoms. The van der Waals surface area contributed by atoms with E-state index in [0.29, 0.717) is 5.57 Å². The molecule has 0 aromatic rings. The number of imide groups is 1. The van der Waals surface area contributed by atoms with E-state index in [2.05, 4.69) is 6.92 Å². The van der Waals surface area contributed by atoms with Crippen LogP contribution in [0.4, 0.5) is 0 Å². The van der Waals surface area contributed by atoms with Gasteiger partial charge < -0.3 is 0 Å². The number of amides is 2. The van der Waals surface area contributed by atoms with E-state index in [9.17, 15) is 9.59 Å². The van der Waals surface area contributed by atoms with Crippen molar-refractivity contribution in [3.63, 3.8) is 0 Å². The molecule has 0 N–H and O–H groups in total. The van der Waals surface area contributed by atoms with Crippen molar-refractivity contribution in [3.8, 4) is 0 Å². The fourth-order valence-electron chi connectivity index (χ4n) is 2.45. The van der Waals surface area contributed by atoms with Crippen LogP contribution >= 0.6 is 0 Å². The van der Waals surface area contributed by atoms with E-state index in [1.165, 1.54) is 11.0 Å². The first-order valence-corrected chi connectivity index (χ1v) is 5.65. The topological polar surface area (TPSA) is 37.4 Å². The van der Waals surface area contributed by atoms with Gasteiger partial charge in [0.2, 0.25) is 0 Å². The Morgan fingerprint density at radius 1 is 1.20 bits per heavy atom. The van der Waals surface area contributed by atoms with Gasteiger partial charge in [-0.25, -0.2) is 0 Å². The Labute approximate surface area is 90.1 Å². The summed E-state index contributed by atoms with van der Waals surface area (Å²) in [5, 5.41) is 0. The molecule has 2 aliphatic rings. The molecule has 0 unspecified atom stereocenters. The van der Waals surface area contributed by atoms with Crippen LogP contribution in [0.25, 0.3) is 0 Å². The molecule has 0 radical (unpaired) electrons. The molecular weight excluding hydrogens is 190 g/mol. The van der Waals surface area contributed by atoms with Gasteiger partial charge in [0.05, 0.1) is 0 Å². The molecule has 1 saturated carbocycles. The van der Waals surface area contributed by atoms with Crippen molar-refractivity contribution >= 4 is 11.8 Å². The van der Waals surface area contributed by atoms with Crippen LogP contribution in [0.15, 0.2) is 11.6 Å². The first-order chi connectivity index (χ1) is 7.09. The minimum Gasteiger partial charge on any atom is -0.272 e. The van der Waals surface area contributed by atoms with Gasteiger partial charge in [-0.05, 0) is 38.5 Å². The average molecular weight is 207 g/mol. The molecule has 15 heavy (non-hydrogen) atoms. The third kappa shape index (κ3) is 1.83. The van der Waals surface area contributed by atoms with Gasteiger partial charge in [-0.15, -0.1) is 0 Å². The second-order valence-electron chi connectivity index (χ2n) is 4.75. The predicted molar refractivity (Wildman–Crippen MR) is 57.0 cm³/mol. The summed E-state index contributed by atoms with van der Waals surface area (Å²) < 4.78 is 0. The van der Waals surface area contributed by atoms with E-state index in [4.69, 9.17) is 0 Å². The van der Waals surface area contributed by atoms with Gasteiger partial charge in [0.1, 0.15) is 0 Å². The van der Waals surface area contributed by atoms with Crippen LogP contribution < -0.4 is 0 Å². The summed E-state index contributed by atoms with van der Waals surface area (Å²) in [6.45, 7) is 3.94. The molecule has 1 heterocycles. The Balaban J connectivity index is 2.06. The number of nitrogens with zero attached hydrogens (tertiary/aromatic N) is 1. The van der Waals surface area contributed by atoms with E-state index in [1.54, 1.807) is 6.92 Å². The fourth-order valence-corrected chi connectivity index (χ4v) is 2.45. The van der Waals surface area contributed by atoms with Crippen LogP contribution in [0.3, 0.4) is 0 Å². The Hall–Kier alpha value is -1.12. The van der Waals surface area contributed by atoms with E-state index >= 15 is 0 Å². The smallest absolute Gasteiger partial charge is 0.256 e. The average Bonchev–Trinajstić information content (AvgIpc) is 2.44. The Bertz CT molecular complexity index is 325. The molecule has 0 aromatic heterocycles. The molecule has 0 saturated heterocycles. The SMILES string of the molecule is CC1=CC(=O)N(C2CCC(C)CC2)C1=O. The number of rotatable bonds is 1. The second-order valence-corrected chi connectivity index (χ2v) is 4.75. The third-order valence-corrected chi connectivity index (χ3v) is 3.48. The van der Waals surface area contributed by atoms with Crippen LogP contribution in [0, 0.1) is 5.92 Å². The van der Waals surface area contributed by atoms with Crippen LogP contribution in [0.1, 0.15) is 39.5 Å². The minimum atomic E-state index is -0.114. The maximum Gasteiger partial charge on any atom is 0.256 e. The van der Waals surface area contributed by atoms with E-state index in [1.807, 2.05) is 0 Å². The molecule has 0 aromatic carbocycles. The molecule has 82 valence electrons. The highest BCUT2D eigenvalue weighted by atomic mass is 16.2. The van der Waals surface area contributed by atoms with Gasteiger partial charge >= 0.3 is 0 Å². The zero-order chi connectivity index (χ0) is 11.0. The Morgan fingerprint density at radius 3 is 2.27 bits per heavy atom. The summed E-state index contributed by atoms with van der Waals surface area (Å²) in [6, 6.07) is 0.148. The van der Waals surface area contributed by atoms with Gasteiger partial charge in [0, 0.05) is 17.7 Å². The summed E-state index contributed by atoms with van der Waals surface area (Å²) in [7, 11) is 0. The third-order valence-electron chi connectivity index (χ3n) is 3.48. The number of hydrogen-bond donors (Lipinski definition) is 0. The lowest BCUT2D eigenvalue weighted by Crippen LogP contribution is -2.42. The van der Waals surface area contributed by atoms with Crippen LogP contribution in [0.2, 0.25) is 0 Å². The molecule has 1 aliphatic carbocycles. The molecular formula is C12H17NO2. The maximum absolute atomic E-state index is 11.7. The van der Waals surface area contributed by atoms with Crippen molar-refractivity contribution in [1.82, 2.24) is 4.90 Å². The number of hydrogen-bond acceptors (Lipinski definition) is 2. The van der Waals surface area contributed by atoms with Crippen LogP contribution in [0.5, 0.6) is 0 Å². The summed E-state index contributed by atoms with van der Waals surface area (Å²) in [6.07, 6.45) is 5.65. The van der Waals surface area contributed by atoms with Gasteiger partial charge in [0.15, 0.2) is 0 Å². The Morgan fingerprint density at radius 2 is 1.80 bits per heavy atom. The monoisotopic (exact) mass is 207 g/mol. The summed E-state index contributed by atoms with van der Waals surface area (Å²) in [5.41, 5.74) is 0.582. The van der Waals surface area contributed by atoms with Crippen LogP contribution in [-0.4, -0.2) is 22.8 Å². The number of carbonyl (C=O) groups excluding carboxylic acids is 2. The Kier molecular flexibility index (Phi) is 2.63. The van der Waals surface area contributed by atoms with E-state index in [-0.39, 0.29) is 17.9 Å². The molecule has 0 bridgehead atoms. The van der Waals surface area contributed by atoms with E-state index in [0.717, 1.165) is 31.6 Å². The standard InChI is InChI=1S/C12H17NO2/c1-8-3-5-10(6-4-8)13-11(14)7-9(2)12(13)15/h7-8,10H,3-6H2,1-2H3. The largest absolute Gasteiger partial charge is 0.272 e. The highest BCUT2D eigenvalue weighted by Gasteiger charge is 2.35. The van der Waals surface area contributed by atoms with Crippen molar-refractivity contribution in [3.05, 3.63) is 11.6 Å². The molecule has 0 atom stereocenters. The quantitative estimate of drug-likeness (QED) is 0.616. The summed E-state index contributed by atoms with van der Waals surface area (Å²) in [5.74, 6) is 0.541. The van der Waals surface area contributed by atoms with Gasteiger partial charge in [-0.1, -0.05) is 6.92 Å². The van der Waals surface area contributed by atoms with Gasteiger partial charge in [-0.3, -0.25) is 14.5 Å². The zero-order valence-electron chi connectivity index (χ0n) is 9.32. The van der Waals surface area contributed by atoms with Crippen LogP contribution in [-0.2, 0) is 9.59 Å². The summed E-state index contributed by atoms with van der Waals surface area (Å²) in [4.78, 5) is 24.8.